The first kappa shape index (κ1) is 11.0. The molecule has 0 aromatic carbocycles. The fraction of sp³-hybridized carbons (Fsp3) is 0.923. The molecule has 1 aliphatic heterocycles. The van der Waals surface area contributed by atoms with Gasteiger partial charge in [-0.1, -0.05) is 20.8 Å². The summed E-state index contributed by atoms with van der Waals surface area (Å²) in [7, 11) is 0. The van der Waals surface area contributed by atoms with Gasteiger partial charge in [0, 0.05) is 5.41 Å². The first-order chi connectivity index (χ1) is 6.82. The highest BCUT2D eigenvalue weighted by atomic mass is 16.6. The quantitative estimate of drug-likeness (QED) is 0.622. The van der Waals surface area contributed by atoms with Crippen LogP contribution in [0, 0.1) is 23.2 Å². The van der Waals surface area contributed by atoms with Gasteiger partial charge in [-0.15, -0.1) is 0 Å². The van der Waals surface area contributed by atoms with Crippen molar-refractivity contribution in [2.45, 2.75) is 53.1 Å². The molecule has 0 radical (unpaired) electrons. The average Bonchev–Trinajstić information content (AvgIpc) is 2.79. The van der Waals surface area contributed by atoms with Crippen molar-refractivity contribution in [1.82, 2.24) is 0 Å². The summed E-state index contributed by atoms with van der Waals surface area (Å²) in [4.78, 5) is 12.0. The molecular weight excluding hydrogens is 188 g/mol. The van der Waals surface area contributed by atoms with Crippen LogP contribution in [0.25, 0.3) is 0 Å². The second-order valence-corrected chi connectivity index (χ2v) is 6.15. The monoisotopic (exact) mass is 210 g/mol. The number of ether oxygens (including phenoxy) is 1. The second kappa shape index (κ2) is 2.99. The zero-order valence-corrected chi connectivity index (χ0v) is 10.5. The van der Waals surface area contributed by atoms with Crippen LogP contribution in [-0.2, 0) is 9.53 Å². The standard InChI is InChI=1S/C13H22O2/c1-8(2)10-9(3)13(6-7-13)12(4,5)15-11(10)14/h8-10H,6-7H2,1-5H3. The Kier molecular flexibility index (Phi) is 2.19. The summed E-state index contributed by atoms with van der Waals surface area (Å²) in [6.07, 6.45) is 2.44. The Morgan fingerprint density at radius 2 is 1.87 bits per heavy atom. The lowest BCUT2D eigenvalue weighted by atomic mass is 9.66. The van der Waals surface area contributed by atoms with Gasteiger partial charge in [0.2, 0.25) is 0 Å². The molecule has 1 saturated heterocycles. The molecule has 2 fully saturated rings. The van der Waals surface area contributed by atoms with Crippen molar-refractivity contribution in [3.05, 3.63) is 0 Å². The third-order valence-electron chi connectivity index (χ3n) is 4.74. The molecule has 86 valence electrons. The highest BCUT2D eigenvalue weighted by Gasteiger charge is 2.65. The smallest absolute Gasteiger partial charge is 0.310 e. The van der Waals surface area contributed by atoms with E-state index >= 15 is 0 Å². The van der Waals surface area contributed by atoms with Crippen molar-refractivity contribution in [2.75, 3.05) is 0 Å². The minimum absolute atomic E-state index is 0.0139. The molecule has 2 rings (SSSR count). The molecule has 2 unspecified atom stereocenters. The molecule has 0 aromatic rings. The van der Waals surface area contributed by atoms with Gasteiger partial charge in [0.25, 0.3) is 0 Å². The summed E-state index contributed by atoms with van der Waals surface area (Å²) in [5.41, 5.74) is 0.0186. The number of esters is 1. The van der Waals surface area contributed by atoms with Crippen LogP contribution in [0.2, 0.25) is 0 Å². The Labute approximate surface area is 92.4 Å². The summed E-state index contributed by atoms with van der Waals surface area (Å²) < 4.78 is 5.66. The fourth-order valence-electron chi connectivity index (χ4n) is 3.56. The zero-order valence-electron chi connectivity index (χ0n) is 10.5. The van der Waals surface area contributed by atoms with Gasteiger partial charge >= 0.3 is 5.97 Å². The van der Waals surface area contributed by atoms with E-state index in [-0.39, 0.29) is 22.9 Å². The maximum absolute atomic E-state index is 12.0. The van der Waals surface area contributed by atoms with Crippen LogP contribution in [0.4, 0.5) is 0 Å². The lowest BCUT2D eigenvalue weighted by molar-refractivity contribution is -0.195. The third-order valence-corrected chi connectivity index (χ3v) is 4.74. The molecule has 15 heavy (non-hydrogen) atoms. The fourth-order valence-corrected chi connectivity index (χ4v) is 3.56. The minimum Gasteiger partial charge on any atom is -0.459 e. The van der Waals surface area contributed by atoms with Crippen molar-refractivity contribution >= 4 is 5.97 Å². The number of hydrogen-bond donors (Lipinski definition) is 0. The van der Waals surface area contributed by atoms with Crippen molar-refractivity contribution in [1.29, 1.82) is 0 Å². The van der Waals surface area contributed by atoms with E-state index in [0.717, 1.165) is 0 Å². The molecule has 2 nitrogen and oxygen atoms in total. The van der Waals surface area contributed by atoms with Crippen molar-refractivity contribution in [3.63, 3.8) is 0 Å². The summed E-state index contributed by atoms with van der Waals surface area (Å²) in [6, 6.07) is 0. The maximum atomic E-state index is 12.0. The van der Waals surface area contributed by atoms with Crippen LogP contribution >= 0.6 is 0 Å². The van der Waals surface area contributed by atoms with Crippen molar-refractivity contribution in [2.24, 2.45) is 23.2 Å². The first-order valence-corrected chi connectivity index (χ1v) is 6.05. The van der Waals surface area contributed by atoms with Gasteiger partial charge < -0.3 is 4.74 Å². The maximum Gasteiger partial charge on any atom is 0.310 e. The van der Waals surface area contributed by atoms with Crippen molar-refractivity contribution < 1.29 is 9.53 Å². The molecule has 1 aliphatic carbocycles. The van der Waals surface area contributed by atoms with E-state index in [1.54, 1.807) is 0 Å². The minimum atomic E-state index is -0.255. The third kappa shape index (κ3) is 1.33. The Balaban J connectivity index is 2.31. The lowest BCUT2D eigenvalue weighted by Gasteiger charge is -2.47. The Morgan fingerprint density at radius 1 is 1.33 bits per heavy atom. The lowest BCUT2D eigenvalue weighted by Crippen LogP contribution is -2.53. The van der Waals surface area contributed by atoms with Crippen LogP contribution in [-0.4, -0.2) is 11.6 Å². The molecule has 0 bridgehead atoms. The van der Waals surface area contributed by atoms with E-state index in [1.807, 2.05) is 0 Å². The predicted molar refractivity (Wildman–Crippen MR) is 59.3 cm³/mol. The Hall–Kier alpha value is -0.530. The number of hydrogen-bond acceptors (Lipinski definition) is 2. The van der Waals surface area contributed by atoms with E-state index in [2.05, 4.69) is 34.6 Å². The van der Waals surface area contributed by atoms with E-state index in [9.17, 15) is 4.79 Å². The molecule has 2 heteroatoms. The van der Waals surface area contributed by atoms with Gasteiger partial charge in [0.1, 0.15) is 5.60 Å². The molecule has 1 saturated carbocycles. The topological polar surface area (TPSA) is 26.3 Å². The molecule has 2 atom stereocenters. The van der Waals surface area contributed by atoms with Gasteiger partial charge in [-0.05, 0) is 38.5 Å². The molecule has 0 N–H and O–H groups in total. The summed E-state index contributed by atoms with van der Waals surface area (Å²) >= 11 is 0. The van der Waals surface area contributed by atoms with E-state index in [1.165, 1.54) is 12.8 Å². The van der Waals surface area contributed by atoms with Gasteiger partial charge in [0.05, 0.1) is 5.92 Å². The van der Waals surface area contributed by atoms with E-state index in [4.69, 9.17) is 4.74 Å². The molecule has 2 aliphatic rings. The van der Waals surface area contributed by atoms with Crippen LogP contribution in [0.5, 0.6) is 0 Å². The molecular formula is C13H22O2. The van der Waals surface area contributed by atoms with E-state index < -0.39 is 0 Å². The molecule has 0 amide bonds. The normalized spacial score (nSPS) is 36.8. The molecule has 0 aromatic heterocycles. The highest BCUT2D eigenvalue weighted by Crippen LogP contribution is 2.65. The van der Waals surface area contributed by atoms with E-state index in [0.29, 0.717) is 11.8 Å². The molecule has 1 spiro atoms. The van der Waals surface area contributed by atoms with Gasteiger partial charge in [-0.2, -0.15) is 0 Å². The Bertz CT molecular complexity index is 287. The molecule has 1 heterocycles. The SMILES string of the molecule is CC(C)C1C(=O)OC(C)(C)C2(CC2)C1C. The summed E-state index contributed by atoms with van der Waals surface area (Å²) in [6.45, 7) is 10.6. The van der Waals surface area contributed by atoms with Gasteiger partial charge in [0.15, 0.2) is 0 Å². The largest absolute Gasteiger partial charge is 0.459 e. The predicted octanol–water partition coefficient (Wildman–Crippen LogP) is 3.01. The van der Waals surface area contributed by atoms with Crippen molar-refractivity contribution in [3.8, 4) is 0 Å². The highest BCUT2D eigenvalue weighted by molar-refractivity contribution is 5.75. The zero-order chi connectivity index (χ0) is 11.4. The Morgan fingerprint density at radius 3 is 2.27 bits per heavy atom. The number of carbonyl (C=O) groups excluding carboxylic acids is 1. The van der Waals surface area contributed by atoms with Crippen LogP contribution in [0.3, 0.4) is 0 Å². The van der Waals surface area contributed by atoms with Crippen LogP contribution in [0.1, 0.15) is 47.5 Å². The second-order valence-electron chi connectivity index (χ2n) is 6.15. The summed E-state index contributed by atoms with van der Waals surface area (Å²) in [5, 5.41) is 0. The van der Waals surface area contributed by atoms with Crippen LogP contribution < -0.4 is 0 Å². The van der Waals surface area contributed by atoms with Gasteiger partial charge in [-0.3, -0.25) is 4.79 Å². The van der Waals surface area contributed by atoms with Crippen LogP contribution in [0.15, 0.2) is 0 Å². The average molecular weight is 210 g/mol. The number of carbonyl (C=O) groups is 1. The number of rotatable bonds is 1. The number of cyclic esters (lactones) is 1. The summed E-state index contributed by atoms with van der Waals surface area (Å²) in [5.74, 6) is 0.968. The van der Waals surface area contributed by atoms with Gasteiger partial charge in [-0.25, -0.2) is 0 Å². The first-order valence-electron chi connectivity index (χ1n) is 6.05.